The summed E-state index contributed by atoms with van der Waals surface area (Å²) in [5.41, 5.74) is 7.94. The van der Waals surface area contributed by atoms with Gasteiger partial charge in [0, 0.05) is 25.3 Å². The maximum absolute atomic E-state index is 9.40. The van der Waals surface area contributed by atoms with Crippen LogP contribution in [-0.4, -0.2) is 29.2 Å². The fraction of sp³-hybridized carbons (Fsp3) is 0.500. The maximum Gasteiger partial charge on any atom is 0.0564 e. The lowest BCUT2D eigenvalue weighted by Gasteiger charge is -2.29. The normalized spacial score (nSPS) is 19.3. The first kappa shape index (κ1) is 10.5. The number of nitrogen functional groups attached to an aromatic ring is 1. The van der Waals surface area contributed by atoms with E-state index in [1.807, 2.05) is 18.2 Å². The summed E-state index contributed by atoms with van der Waals surface area (Å²) in [5, 5.41) is 9.40. The molecule has 3 heteroatoms. The number of nitrogens with two attached hydrogens (primary N) is 1. The first-order valence-corrected chi connectivity index (χ1v) is 5.49. The van der Waals surface area contributed by atoms with Crippen molar-refractivity contribution in [2.45, 2.75) is 25.5 Å². The highest BCUT2D eigenvalue weighted by Crippen LogP contribution is 2.17. The summed E-state index contributed by atoms with van der Waals surface area (Å²) in [6.07, 6.45) is 1.66. The SMILES string of the molecule is Nc1ccccc1CN1CCC(O)CC1. The minimum atomic E-state index is -0.102. The van der Waals surface area contributed by atoms with Crippen molar-refractivity contribution in [1.29, 1.82) is 0 Å². The molecule has 0 aliphatic carbocycles. The van der Waals surface area contributed by atoms with Gasteiger partial charge in [0.2, 0.25) is 0 Å². The molecular weight excluding hydrogens is 188 g/mol. The van der Waals surface area contributed by atoms with Crippen LogP contribution in [0.1, 0.15) is 18.4 Å². The Morgan fingerprint density at radius 3 is 2.60 bits per heavy atom. The third kappa shape index (κ3) is 2.70. The number of piperidine rings is 1. The number of hydrogen-bond donors (Lipinski definition) is 2. The van der Waals surface area contributed by atoms with Crippen molar-refractivity contribution in [2.75, 3.05) is 18.8 Å². The van der Waals surface area contributed by atoms with E-state index in [1.54, 1.807) is 0 Å². The first-order valence-electron chi connectivity index (χ1n) is 5.49. The number of aliphatic hydroxyl groups is 1. The van der Waals surface area contributed by atoms with Gasteiger partial charge in [-0.15, -0.1) is 0 Å². The Balaban J connectivity index is 1.95. The van der Waals surface area contributed by atoms with E-state index in [1.165, 1.54) is 5.56 Å². The molecule has 1 fully saturated rings. The third-order valence-corrected chi connectivity index (χ3v) is 3.01. The lowest BCUT2D eigenvalue weighted by Crippen LogP contribution is -2.35. The van der Waals surface area contributed by atoms with Crippen LogP contribution < -0.4 is 5.73 Å². The van der Waals surface area contributed by atoms with Crippen molar-refractivity contribution in [3.05, 3.63) is 29.8 Å². The van der Waals surface area contributed by atoms with Gasteiger partial charge in [-0.25, -0.2) is 0 Å². The average Bonchev–Trinajstić information content (AvgIpc) is 2.25. The number of rotatable bonds is 2. The van der Waals surface area contributed by atoms with Gasteiger partial charge in [0.25, 0.3) is 0 Å². The monoisotopic (exact) mass is 206 g/mol. The molecule has 82 valence electrons. The van der Waals surface area contributed by atoms with E-state index >= 15 is 0 Å². The van der Waals surface area contributed by atoms with Gasteiger partial charge in [0.1, 0.15) is 0 Å². The zero-order chi connectivity index (χ0) is 10.7. The molecule has 1 aromatic carbocycles. The molecule has 0 saturated carbocycles. The zero-order valence-corrected chi connectivity index (χ0v) is 8.89. The Bertz CT molecular complexity index is 319. The molecule has 0 aromatic heterocycles. The average molecular weight is 206 g/mol. The van der Waals surface area contributed by atoms with Crippen LogP contribution in [-0.2, 0) is 6.54 Å². The van der Waals surface area contributed by atoms with Gasteiger partial charge in [0.05, 0.1) is 6.10 Å². The molecule has 0 atom stereocenters. The molecular formula is C12H18N2O. The molecule has 3 nitrogen and oxygen atoms in total. The molecule has 2 rings (SSSR count). The molecule has 0 spiro atoms. The molecule has 3 N–H and O–H groups in total. The molecule has 1 saturated heterocycles. The number of aliphatic hydroxyl groups excluding tert-OH is 1. The van der Waals surface area contributed by atoms with E-state index in [9.17, 15) is 5.11 Å². The van der Waals surface area contributed by atoms with Crippen molar-refractivity contribution in [2.24, 2.45) is 0 Å². The van der Waals surface area contributed by atoms with Crippen molar-refractivity contribution in [3.8, 4) is 0 Å². The van der Waals surface area contributed by atoms with Crippen molar-refractivity contribution < 1.29 is 5.11 Å². The predicted molar refractivity (Wildman–Crippen MR) is 61.4 cm³/mol. The van der Waals surface area contributed by atoms with Gasteiger partial charge in [-0.1, -0.05) is 18.2 Å². The van der Waals surface area contributed by atoms with E-state index in [0.717, 1.165) is 38.2 Å². The second-order valence-electron chi connectivity index (χ2n) is 4.21. The van der Waals surface area contributed by atoms with Crippen LogP contribution in [0.25, 0.3) is 0 Å². The highest BCUT2D eigenvalue weighted by molar-refractivity contribution is 5.46. The highest BCUT2D eigenvalue weighted by atomic mass is 16.3. The second-order valence-corrected chi connectivity index (χ2v) is 4.21. The van der Waals surface area contributed by atoms with Crippen LogP contribution in [0.15, 0.2) is 24.3 Å². The lowest BCUT2D eigenvalue weighted by atomic mass is 10.1. The quantitative estimate of drug-likeness (QED) is 0.715. The molecule has 15 heavy (non-hydrogen) atoms. The van der Waals surface area contributed by atoms with Crippen LogP contribution >= 0.6 is 0 Å². The largest absolute Gasteiger partial charge is 0.398 e. The van der Waals surface area contributed by atoms with Crippen LogP contribution in [0.2, 0.25) is 0 Å². The van der Waals surface area contributed by atoms with E-state index in [4.69, 9.17) is 5.73 Å². The van der Waals surface area contributed by atoms with Gasteiger partial charge in [-0.2, -0.15) is 0 Å². The van der Waals surface area contributed by atoms with Crippen molar-refractivity contribution >= 4 is 5.69 Å². The second kappa shape index (κ2) is 4.64. The van der Waals surface area contributed by atoms with Gasteiger partial charge < -0.3 is 10.8 Å². The van der Waals surface area contributed by atoms with Crippen molar-refractivity contribution in [3.63, 3.8) is 0 Å². The molecule has 1 heterocycles. The predicted octanol–water partition coefficient (Wildman–Crippen LogP) is 1.23. The zero-order valence-electron chi connectivity index (χ0n) is 8.89. The first-order chi connectivity index (χ1) is 7.25. The Kier molecular flexibility index (Phi) is 3.23. The summed E-state index contributed by atoms with van der Waals surface area (Å²) in [6.45, 7) is 2.84. The van der Waals surface area contributed by atoms with Crippen molar-refractivity contribution in [1.82, 2.24) is 4.90 Å². The Morgan fingerprint density at radius 1 is 1.27 bits per heavy atom. The number of benzene rings is 1. The smallest absolute Gasteiger partial charge is 0.0564 e. The summed E-state index contributed by atoms with van der Waals surface area (Å²) in [7, 11) is 0. The van der Waals surface area contributed by atoms with Crippen LogP contribution in [0.3, 0.4) is 0 Å². The van der Waals surface area contributed by atoms with Crippen LogP contribution in [0.4, 0.5) is 5.69 Å². The van der Waals surface area contributed by atoms with Gasteiger partial charge >= 0.3 is 0 Å². The molecule has 1 aromatic rings. The summed E-state index contributed by atoms with van der Waals surface area (Å²) in [6, 6.07) is 7.98. The highest BCUT2D eigenvalue weighted by Gasteiger charge is 2.17. The molecule has 0 amide bonds. The molecule has 0 bridgehead atoms. The topological polar surface area (TPSA) is 49.5 Å². The minimum absolute atomic E-state index is 0.102. The van der Waals surface area contributed by atoms with Gasteiger partial charge in [0.15, 0.2) is 0 Å². The number of nitrogens with zero attached hydrogens (tertiary/aromatic N) is 1. The van der Waals surface area contributed by atoms with E-state index in [-0.39, 0.29) is 6.10 Å². The number of likely N-dealkylation sites (tertiary alicyclic amines) is 1. The summed E-state index contributed by atoms with van der Waals surface area (Å²) < 4.78 is 0. The number of hydrogen-bond acceptors (Lipinski definition) is 3. The number of para-hydroxylation sites is 1. The fourth-order valence-electron chi connectivity index (χ4n) is 2.00. The van der Waals surface area contributed by atoms with Crippen LogP contribution in [0.5, 0.6) is 0 Å². The van der Waals surface area contributed by atoms with E-state index < -0.39 is 0 Å². The van der Waals surface area contributed by atoms with Gasteiger partial charge in [-0.05, 0) is 24.5 Å². The minimum Gasteiger partial charge on any atom is -0.398 e. The summed E-state index contributed by atoms with van der Waals surface area (Å²) in [4.78, 5) is 2.35. The Morgan fingerprint density at radius 2 is 1.93 bits per heavy atom. The Labute approximate surface area is 90.5 Å². The lowest BCUT2D eigenvalue weighted by molar-refractivity contribution is 0.0793. The van der Waals surface area contributed by atoms with Crippen LogP contribution in [0, 0.1) is 0 Å². The maximum atomic E-state index is 9.40. The standard InChI is InChI=1S/C12H18N2O/c13-12-4-2-1-3-10(12)9-14-7-5-11(15)6-8-14/h1-4,11,15H,5-9,13H2. The molecule has 0 unspecified atom stereocenters. The molecule has 1 aliphatic heterocycles. The summed E-state index contributed by atoms with van der Waals surface area (Å²) in [5.74, 6) is 0. The third-order valence-electron chi connectivity index (χ3n) is 3.01. The fourth-order valence-corrected chi connectivity index (χ4v) is 2.00. The summed E-state index contributed by atoms with van der Waals surface area (Å²) >= 11 is 0. The number of anilines is 1. The molecule has 1 aliphatic rings. The molecule has 0 radical (unpaired) electrons. The Hall–Kier alpha value is -1.06. The van der Waals surface area contributed by atoms with E-state index in [2.05, 4.69) is 11.0 Å². The van der Waals surface area contributed by atoms with E-state index in [0.29, 0.717) is 0 Å². The van der Waals surface area contributed by atoms with Gasteiger partial charge in [-0.3, -0.25) is 4.90 Å².